The molecule has 1 N–H and O–H groups in total. The molecule has 0 atom stereocenters. The summed E-state index contributed by atoms with van der Waals surface area (Å²) >= 11 is 4.63. The van der Waals surface area contributed by atoms with Gasteiger partial charge in [-0.3, -0.25) is 14.9 Å². The molecule has 0 fully saturated rings. The third-order valence-electron chi connectivity index (χ3n) is 2.43. The first kappa shape index (κ1) is 13.7. The van der Waals surface area contributed by atoms with Gasteiger partial charge in [-0.2, -0.15) is 0 Å². The molecule has 5 nitrogen and oxygen atoms in total. The number of hydrogen-bond donors (Lipinski definition) is 1. The number of carbonyl (C=O) groups is 1. The van der Waals surface area contributed by atoms with Crippen molar-refractivity contribution >= 4 is 44.5 Å². The summed E-state index contributed by atoms with van der Waals surface area (Å²) in [4.78, 5) is 22.8. The molecule has 0 aliphatic heterocycles. The number of nitrogens with zero attached hydrogens (tertiary/aromatic N) is 1. The fraction of sp³-hybridized carbons (Fsp3) is 0.0833. The van der Waals surface area contributed by atoms with Crippen molar-refractivity contribution in [2.45, 2.75) is 6.92 Å². The maximum absolute atomic E-state index is 12.0. The highest BCUT2D eigenvalue weighted by Crippen LogP contribution is 2.29. The average molecular weight is 341 g/mol. The van der Waals surface area contributed by atoms with E-state index in [1.807, 2.05) is 6.92 Å². The van der Waals surface area contributed by atoms with Crippen LogP contribution < -0.4 is 5.32 Å². The Morgan fingerprint density at radius 1 is 1.42 bits per heavy atom. The minimum absolute atomic E-state index is 0.122. The Kier molecular flexibility index (Phi) is 3.96. The van der Waals surface area contributed by atoms with Gasteiger partial charge in [0.05, 0.1) is 13.6 Å². The number of thiophene rings is 1. The lowest BCUT2D eigenvalue weighted by Gasteiger charge is -2.03. The van der Waals surface area contributed by atoms with E-state index in [1.54, 1.807) is 18.2 Å². The van der Waals surface area contributed by atoms with Gasteiger partial charge in [0.1, 0.15) is 5.69 Å². The number of anilines is 1. The summed E-state index contributed by atoms with van der Waals surface area (Å²) in [5, 5.41) is 13.4. The summed E-state index contributed by atoms with van der Waals surface area (Å²) in [6.07, 6.45) is 0. The zero-order valence-electron chi connectivity index (χ0n) is 9.84. The molecule has 1 aromatic carbocycles. The normalized spacial score (nSPS) is 10.2. The van der Waals surface area contributed by atoms with Crippen LogP contribution in [0.2, 0.25) is 0 Å². The number of para-hydroxylation sites is 2. The van der Waals surface area contributed by atoms with Gasteiger partial charge < -0.3 is 5.32 Å². The maximum Gasteiger partial charge on any atom is 0.292 e. The van der Waals surface area contributed by atoms with Crippen molar-refractivity contribution in [2.24, 2.45) is 0 Å². The van der Waals surface area contributed by atoms with Gasteiger partial charge in [0, 0.05) is 6.07 Å². The average Bonchev–Trinajstić information content (AvgIpc) is 2.70. The molecule has 0 aliphatic carbocycles. The van der Waals surface area contributed by atoms with Gasteiger partial charge in [-0.05, 0) is 40.5 Å². The quantitative estimate of drug-likeness (QED) is 0.678. The Labute approximate surface area is 121 Å². The summed E-state index contributed by atoms with van der Waals surface area (Å²) in [5.41, 5.74) is 1.03. The van der Waals surface area contributed by atoms with E-state index in [4.69, 9.17) is 0 Å². The van der Waals surface area contributed by atoms with Crippen LogP contribution in [-0.4, -0.2) is 10.8 Å². The van der Waals surface area contributed by atoms with Crippen LogP contribution in [0.3, 0.4) is 0 Å². The Morgan fingerprint density at radius 2 is 2.11 bits per heavy atom. The van der Waals surface area contributed by atoms with Gasteiger partial charge in [0.15, 0.2) is 0 Å². The van der Waals surface area contributed by atoms with Crippen molar-refractivity contribution in [3.8, 4) is 0 Å². The molecule has 2 rings (SSSR count). The summed E-state index contributed by atoms with van der Waals surface area (Å²) in [6.45, 7) is 1.88. The third kappa shape index (κ3) is 2.99. The summed E-state index contributed by atoms with van der Waals surface area (Å²) < 4.78 is 0.875. The predicted molar refractivity (Wildman–Crippen MR) is 77.8 cm³/mol. The molecule has 98 valence electrons. The number of nitro groups is 1. The standard InChI is InChI=1S/C12H9BrN2O3S/c1-7-6-10(19-11(7)13)12(16)14-8-4-2-3-5-9(8)15(17)18/h2-6H,1H3,(H,14,16). The van der Waals surface area contributed by atoms with Crippen molar-refractivity contribution in [1.29, 1.82) is 0 Å². The Morgan fingerprint density at radius 3 is 2.68 bits per heavy atom. The van der Waals surface area contributed by atoms with Crippen molar-refractivity contribution < 1.29 is 9.72 Å². The van der Waals surface area contributed by atoms with Crippen LogP contribution in [0.15, 0.2) is 34.1 Å². The minimum Gasteiger partial charge on any atom is -0.316 e. The van der Waals surface area contributed by atoms with Crippen molar-refractivity contribution in [3.63, 3.8) is 0 Å². The van der Waals surface area contributed by atoms with E-state index in [2.05, 4.69) is 21.2 Å². The minimum atomic E-state index is -0.523. The maximum atomic E-state index is 12.0. The number of nitro benzene ring substituents is 1. The highest BCUT2D eigenvalue weighted by atomic mass is 79.9. The number of amides is 1. The second-order valence-electron chi connectivity index (χ2n) is 3.80. The van der Waals surface area contributed by atoms with Crippen LogP contribution in [0.25, 0.3) is 0 Å². The first-order valence-electron chi connectivity index (χ1n) is 5.29. The van der Waals surface area contributed by atoms with Crippen LogP contribution in [0, 0.1) is 17.0 Å². The van der Waals surface area contributed by atoms with E-state index in [1.165, 1.54) is 23.5 Å². The highest BCUT2D eigenvalue weighted by Gasteiger charge is 2.17. The lowest BCUT2D eigenvalue weighted by Crippen LogP contribution is -2.11. The van der Waals surface area contributed by atoms with Crippen molar-refractivity contribution in [1.82, 2.24) is 0 Å². The molecule has 1 aromatic heterocycles. The monoisotopic (exact) mass is 340 g/mol. The molecular formula is C12H9BrN2O3S. The van der Waals surface area contributed by atoms with Gasteiger partial charge in [-0.15, -0.1) is 11.3 Å². The molecule has 19 heavy (non-hydrogen) atoms. The molecule has 0 aliphatic rings. The molecule has 0 saturated carbocycles. The molecule has 0 unspecified atom stereocenters. The summed E-state index contributed by atoms with van der Waals surface area (Å²) in [7, 11) is 0. The molecule has 7 heteroatoms. The van der Waals surface area contributed by atoms with E-state index >= 15 is 0 Å². The topological polar surface area (TPSA) is 72.2 Å². The van der Waals surface area contributed by atoms with Crippen molar-refractivity contribution in [3.05, 3.63) is 54.7 Å². The fourth-order valence-corrected chi connectivity index (χ4v) is 2.92. The zero-order chi connectivity index (χ0) is 14.0. The number of aryl methyl sites for hydroxylation is 1. The van der Waals surface area contributed by atoms with Crippen LogP contribution in [0.1, 0.15) is 15.2 Å². The fourth-order valence-electron chi connectivity index (χ4n) is 1.49. The number of nitrogens with one attached hydrogen (secondary N) is 1. The Hall–Kier alpha value is -1.73. The van der Waals surface area contributed by atoms with Crippen LogP contribution in [0.5, 0.6) is 0 Å². The van der Waals surface area contributed by atoms with E-state index in [0.717, 1.165) is 9.35 Å². The third-order valence-corrected chi connectivity index (χ3v) is 4.57. The van der Waals surface area contributed by atoms with Gasteiger partial charge in [-0.25, -0.2) is 0 Å². The molecule has 0 radical (unpaired) electrons. The molecular weight excluding hydrogens is 332 g/mol. The first-order valence-corrected chi connectivity index (χ1v) is 6.90. The number of halogens is 1. The molecule has 1 amide bonds. The van der Waals surface area contributed by atoms with E-state index < -0.39 is 4.92 Å². The lowest BCUT2D eigenvalue weighted by molar-refractivity contribution is -0.383. The predicted octanol–water partition coefficient (Wildman–Crippen LogP) is 3.98. The molecule has 1 heterocycles. The second-order valence-corrected chi connectivity index (χ2v) is 6.17. The summed E-state index contributed by atoms with van der Waals surface area (Å²) in [6, 6.07) is 7.79. The highest BCUT2D eigenvalue weighted by molar-refractivity contribution is 9.11. The molecule has 0 spiro atoms. The van der Waals surface area contributed by atoms with Crippen molar-refractivity contribution in [2.75, 3.05) is 5.32 Å². The smallest absolute Gasteiger partial charge is 0.292 e. The zero-order valence-corrected chi connectivity index (χ0v) is 12.2. The van der Waals surface area contributed by atoms with E-state index in [-0.39, 0.29) is 17.3 Å². The van der Waals surface area contributed by atoms with Gasteiger partial charge in [0.25, 0.3) is 11.6 Å². The molecule has 0 bridgehead atoms. The van der Waals surface area contributed by atoms with Gasteiger partial charge in [-0.1, -0.05) is 12.1 Å². The number of carbonyl (C=O) groups excluding carboxylic acids is 1. The number of hydrogen-bond acceptors (Lipinski definition) is 4. The Bertz CT molecular complexity index is 635. The van der Waals surface area contributed by atoms with Gasteiger partial charge in [0.2, 0.25) is 0 Å². The SMILES string of the molecule is Cc1cc(C(=O)Nc2ccccc2[N+](=O)[O-])sc1Br. The molecule has 2 aromatic rings. The van der Waals surface area contributed by atoms with Crippen LogP contribution >= 0.6 is 27.3 Å². The van der Waals surface area contributed by atoms with Crippen LogP contribution in [-0.2, 0) is 0 Å². The number of benzene rings is 1. The van der Waals surface area contributed by atoms with Crippen LogP contribution in [0.4, 0.5) is 11.4 Å². The molecule has 0 saturated heterocycles. The summed E-state index contributed by atoms with van der Waals surface area (Å²) in [5.74, 6) is -0.354. The largest absolute Gasteiger partial charge is 0.316 e. The lowest BCUT2D eigenvalue weighted by atomic mass is 10.2. The van der Waals surface area contributed by atoms with E-state index in [0.29, 0.717) is 4.88 Å². The van der Waals surface area contributed by atoms with E-state index in [9.17, 15) is 14.9 Å². The number of rotatable bonds is 3. The van der Waals surface area contributed by atoms with Gasteiger partial charge >= 0.3 is 0 Å². The first-order chi connectivity index (χ1) is 8.99. The Balaban J connectivity index is 2.26. The second kappa shape index (κ2) is 5.50.